The maximum Gasteiger partial charge on any atom is 0.331 e. The third kappa shape index (κ3) is 5.81. The van der Waals surface area contributed by atoms with Crippen LogP contribution in [0.25, 0.3) is 6.08 Å². The highest BCUT2D eigenvalue weighted by Gasteiger charge is 2.26. The van der Waals surface area contributed by atoms with Crippen LogP contribution < -0.4 is 0 Å². The summed E-state index contributed by atoms with van der Waals surface area (Å²) in [4.78, 5) is 23.5. The second kappa shape index (κ2) is 8.95. The Bertz CT molecular complexity index is 479. The molecule has 0 aliphatic heterocycles. The van der Waals surface area contributed by atoms with E-state index in [1.807, 2.05) is 37.3 Å². The summed E-state index contributed by atoms with van der Waals surface area (Å²) in [6, 6.07) is 9.47. The first-order valence-electron chi connectivity index (χ1n) is 7.18. The van der Waals surface area contributed by atoms with Gasteiger partial charge in [-0.15, -0.1) is 0 Å². The topological polar surface area (TPSA) is 52.6 Å². The lowest BCUT2D eigenvalue weighted by molar-refractivity contribution is -0.158. The molecule has 0 saturated carbocycles. The van der Waals surface area contributed by atoms with E-state index in [0.717, 1.165) is 5.56 Å². The number of ether oxygens (including phenoxy) is 2. The van der Waals surface area contributed by atoms with Crippen molar-refractivity contribution in [1.29, 1.82) is 0 Å². The van der Waals surface area contributed by atoms with Crippen molar-refractivity contribution in [2.75, 3.05) is 6.61 Å². The van der Waals surface area contributed by atoms with Crippen LogP contribution in [0.2, 0.25) is 0 Å². The first-order chi connectivity index (χ1) is 10.1. The molecular formula is C17H22O4. The average Bonchev–Trinajstić information content (AvgIpc) is 2.51. The van der Waals surface area contributed by atoms with Crippen LogP contribution in [-0.4, -0.2) is 24.6 Å². The number of rotatable bonds is 7. The highest BCUT2D eigenvalue weighted by molar-refractivity contribution is 5.87. The zero-order valence-electron chi connectivity index (χ0n) is 12.7. The maximum absolute atomic E-state index is 11.8. The van der Waals surface area contributed by atoms with E-state index in [4.69, 9.17) is 9.47 Å². The second-order valence-electron chi connectivity index (χ2n) is 4.67. The van der Waals surface area contributed by atoms with Crippen molar-refractivity contribution >= 4 is 18.0 Å². The first kappa shape index (κ1) is 17.0. The van der Waals surface area contributed by atoms with Crippen molar-refractivity contribution in [2.45, 2.75) is 33.3 Å². The predicted molar refractivity (Wildman–Crippen MR) is 81.4 cm³/mol. The molecule has 0 heterocycles. The van der Waals surface area contributed by atoms with E-state index < -0.39 is 18.0 Å². The largest absolute Gasteiger partial charge is 0.466 e. The Hall–Kier alpha value is -2.10. The van der Waals surface area contributed by atoms with Crippen LogP contribution in [0.4, 0.5) is 0 Å². The summed E-state index contributed by atoms with van der Waals surface area (Å²) >= 11 is 0. The monoisotopic (exact) mass is 290 g/mol. The third-order valence-electron chi connectivity index (χ3n) is 3.10. The molecule has 1 rings (SSSR count). The molecule has 0 aliphatic rings. The van der Waals surface area contributed by atoms with E-state index in [0.29, 0.717) is 13.0 Å². The van der Waals surface area contributed by atoms with Gasteiger partial charge in [0.1, 0.15) is 6.10 Å². The molecule has 0 aromatic heterocycles. The van der Waals surface area contributed by atoms with Crippen LogP contribution in [0.1, 0.15) is 32.8 Å². The molecule has 0 aliphatic carbocycles. The van der Waals surface area contributed by atoms with Gasteiger partial charge in [-0.05, 0) is 31.9 Å². The number of benzene rings is 1. The van der Waals surface area contributed by atoms with Crippen LogP contribution in [0.15, 0.2) is 36.4 Å². The molecule has 4 nitrogen and oxygen atoms in total. The molecular weight excluding hydrogens is 268 g/mol. The third-order valence-corrected chi connectivity index (χ3v) is 3.10. The summed E-state index contributed by atoms with van der Waals surface area (Å²) < 4.78 is 10.3. The van der Waals surface area contributed by atoms with E-state index in [1.54, 1.807) is 19.9 Å². The SMILES string of the molecule is CCOC(=O)C(C)C(CC)OC(=O)/C=C/c1ccccc1. The van der Waals surface area contributed by atoms with Gasteiger partial charge in [-0.3, -0.25) is 4.79 Å². The van der Waals surface area contributed by atoms with Crippen molar-refractivity contribution in [2.24, 2.45) is 5.92 Å². The number of carbonyl (C=O) groups is 2. The van der Waals surface area contributed by atoms with Crippen LogP contribution in [0, 0.1) is 5.92 Å². The van der Waals surface area contributed by atoms with Gasteiger partial charge in [0.25, 0.3) is 0 Å². The number of hydrogen-bond acceptors (Lipinski definition) is 4. The first-order valence-corrected chi connectivity index (χ1v) is 7.18. The fourth-order valence-corrected chi connectivity index (χ4v) is 1.88. The Labute approximate surface area is 125 Å². The summed E-state index contributed by atoms with van der Waals surface area (Å²) in [6.45, 7) is 5.65. The van der Waals surface area contributed by atoms with Crippen LogP contribution >= 0.6 is 0 Å². The Morgan fingerprint density at radius 3 is 2.43 bits per heavy atom. The Kier molecular flexibility index (Phi) is 7.23. The van der Waals surface area contributed by atoms with Crippen molar-refractivity contribution in [3.05, 3.63) is 42.0 Å². The standard InChI is InChI=1S/C17H22O4/c1-4-15(13(3)17(19)20-5-2)21-16(18)12-11-14-9-7-6-8-10-14/h6-13,15H,4-5H2,1-3H3/b12-11+. The zero-order valence-corrected chi connectivity index (χ0v) is 12.7. The minimum Gasteiger partial charge on any atom is -0.466 e. The Morgan fingerprint density at radius 1 is 1.19 bits per heavy atom. The Morgan fingerprint density at radius 2 is 1.86 bits per heavy atom. The Balaban J connectivity index is 2.58. The lowest BCUT2D eigenvalue weighted by Crippen LogP contribution is -2.31. The summed E-state index contributed by atoms with van der Waals surface area (Å²) in [5.41, 5.74) is 0.918. The fourth-order valence-electron chi connectivity index (χ4n) is 1.88. The highest BCUT2D eigenvalue weighted by atomic mass is 16.6. The normalized spacial score (nSPS) is 13.7. The van der Waals surface area contributed by atoms with Crippen LogP contribution in [0.3, 0.4) is 0 Å². The lowest BCUT2D eigenvalue weighted by atomic mass is 10.0. The summed E-state index contributed by atoms with van der Waals surface area (Å²) in [6.07, 6.45) is 3.14. The molecule has 2 unspecified atom stereocenters. The molecule has 114 valence electrons. The van der Waals surface area contributed by atoms with E-state index >= 15 is 0 Å². The fraction of sp³-hybridized carbons (Fsp3) is 0.412. The smallest absolute Gasteiger partial charge is 0.331 e. The molecule has 21 heavy (non-hydrogen) atoms. The van der Waals surface area contributed by atoms with Crippen molar-refractivity contribution in [3.63, 3.8) is 0 Å². The second-order valence-corrected chi connectivity index (χ2v) is 4.67. The van der Waals surface area contributed by atoms with Gasteiger partial charge in [-0.2, -0.15) is 0 Å². The average molecular weight is 290 g/mol. The van der Waals surface area contributed by atoms with Gasteiger partial charge in [-0.25, -0.2) is 4.79 Å². The van der Waals surface area contributed by atoms with E-state index in [-0.39, 0.29) is 5.97 Å². The summed E-state index contributed by atoms with van der Waals surface area (Å²) in [5, 5.41) is 0. The van der Waals surface area contributed by atoms with E-state index in [9.17, 15) is 9.59 Å². The van der Waals surface area contributed by atoms with Crippen LogP contribution in [0.5, 0.6) is 0 Å². The quantitative estimate of drug-likeness (QED) is 0.571. The molecule has 0 fully saturated rings. The van der Waals surface area contributed by atoms with Gasteiger partial charge in [0.05, 0.1) is 12.5 Å². The van der Waals surface area contributed by atoms with Crippen molar-refractivity contribution in [1.82, 2.24) is 0 Å². The molecule has 0 radical (unpaired) electrons. The maximum atomic E-state index is 11.8. The molecule has 0 bridgehead atoms. The van der Waals surface area contributed by atoms with Gasteiger partial charge in [0.15, 0.2) is 0 Å². The molecule has 1 aromatic rings. The van der Waals surface area contributed by atoms with Gasteiger partial charge in [0.2, 0.25) is 0 Å². The van der Waals surface area contributed by atoms with E-state index in [1.165, 1.54) is 6.08 Å². The van der Waals surface area contributed by atoms with Gasteiger partial charge >= 0.3 is 11.9 Å². The highest BCUT2D eigenvalue weighted by Crippen LogP contribution is 2.14. The molecule has 0 N–H and O–H groups in total. The van der Waals surface area contributed by atoms with Gasteiger partial charge in [0, 0.05) is 6.08 Å². The minimum atomic E-state index is -0.475. The molecule has 2 atom stereocenters. The molecule has 4 heteroatoms. The van der Waals surface area contributed by atoms with Gasteiger partial charge in [-0.1, -0.05) is 37.3 Å². The van der Waals surface area contributed by atoms with Crippen molar-refractivity contribution < 1.29 is 19.1 Å². The number of hydrogen-bond donors (Lipinski definition) is 0. The molecule has 1 aromatic carbocycles. The predicted octanol–water partition coefficient (Wildman–Crippen LogP) is 3.22. The van der Waals surface area contributed by atoms with Gasteiger partial charge < -0.3 is 9.47 Å². The minimum absolute atomic E-state index is 0.321. The molecule has 0 spiro atoms. The number of carbonyl (C=O) groups excluding carboxylic acids is 2. The lowest BCUT2D eigenvalue weighted by Gasteiger charge is -2.20. The molecule has 0 saturated heterocycles. The van der Waals surface area contributed by atoms with Crippen LogP contribution in [-0.2, 0) is 19.1 Å². The summed E-state index contributed by atoms with van der Waals surface area (Å²) in [7, 11) is 0. The zero-order chi connectivity index (χ0) is 15.7. The number of esters is 2. The van der Waals surface area contributed by atoms with E-state index in [2.05, 4.69) is 0 Å². The summed E-state index contributed by atoms with van der Waals surface area (Å²) in [5.74, 6) is -1.27. The molecule has 0 amide bonds. The van der Waals surface area contributed by atoms with Crippen molar-refractivity contribution in [3.8, 4) is 0 Å².